The van der Waals surface area contributed by atoms with E-state index >= 15 is 0 Å². The van der Waals surface area contributed by atoms with E-state index < -0.39 is 51.9 Å². The maximum absolute atomic E-state index is 14.2. The van der Waals surface area contributed by atoms with E-state index in [2.05, 4.69) is 15.0 Å². The lowest BCUT2D eigenvalue weighted by Gasteiger charge is -2.29. The van der Waals surface area contributed by atoms with Gasteiger partial charge in [0.05, 0.1) is 25.0 Å². The molecule has 1 aromatic heterocycles. The van der Waals surface area contributed by atoms with Crippen LogP contribution in [-0.2, 0) is 31.0 Å². The van der Waals surface area contributed by atoms with Crippen molar-refractivity contribution in [1.82, 2.24) is 19.9 Å². The largest absolute Gasteiger partial charge is 0.434 e. The molecule has 0 saturated carbocycles. The van der Waals surface area contributed by atoms with E-state index in [0.717, 1.165) is 17.4 Å². The van der Waals surface area contributed by atoms with Crippen LogP contribution in [0.1, 0.15) is 53.9 Å². The predicted molar refractivity (Wildman–Crippen MR) is 200 cm³/mol. The van der Waals surface area contributed by atoms with Gasteiger partial charge in [-0.25, -0.2) is 18.1 Å². The molecular weight excluding hydrogens is 729 g/mol. The Morgan fingerprint density at radius 2 is 1.71 bits per heavy atom. The van der Waals surface area contributed by atoms with Gasteiger partial charge in [-0.2, -0.15) is 0 Å². The number of likely N-dealkylation sites (tertiary alicyclic amines) is 1. The second kappa shape index (κ2) is 18.1. The summed E-state index contributed by atoms with van der Waals surface area (Å²) in [7, 11) is -3.85. The molecule has 52 heavy (non-hydrogen) atoms. The second-order valence-corrected chi connectivity index (χ2v) is 15.3. The van der Waals surface area contributed by atoms with Crippen molar-refractivity contribution >= 4 is 68.0 Å². The zero-order valence-corrected chi connectivity index (χ0v) is 30.9. The number of halogens is 2. The highest BCUT2D eigenvalue weighted by molar-refractivity contribution is 7.88. The minimum absolute atomic E-state index is 0.00423. The Bertz CT molecular complexity index is 1950. The number of unbranched alkanes of at least 4 members (excludes halogenated alkanes) is 1. The minimum Gasteiger partial charge on any atom is -0.434 e. The molecular formula is C37H41Cl2N5O7S. The molecule has 4 aromatic rings. The maximum atomic E-state index is 14.2. The normalized spacial score (nSPS) is 17.4. The van der Waals surface area contributed by atoms with E-state index in [0.29, 0.717) is 40.5 Å². The molecule has 3 aromatic carbocycles. The number of nitrogens with one attached hydrogen (secondary N) is 2. The summed E-state index contributed by atoms with van der Waals surface area (Å²) in [6.07, 6.45) is 5.31. The summed E-state index contributed by atoms with van der Waals surface area (Å²) in [6.45, 7) is 0.589. The van der Waals surface area contributed by atoms with E-state index in [1.807, 2.05) is 12.1 Å². The number of aromatic nitrogens is 1. The fraction of sp³-hybridized carbons (Fsp3) is 0.351. The van der Waals surface area contributed by atoms with Crippen LogP contribution >= 0.6 is 23.2 Å². The highest BCUT2D eigenvalue weighted by atomic mass is 35.5. The van der Waals surface area contributed by atoms with Gasteiger partial charge >= 0.3 is 0 Å². The van der Waals surface area contributed by atoms with Crippen LogP contribution in [0, 0.1) is 0 Å². The summed E-state index contributed by atoms with van der Waals surface area (Å²) < 4.78 is 39.2. The van der Waals surface area contributed by atoms with Crippen molar-refractivity contribution < 1.29 is 32.0 Å². The molecule has 0 spiro atoms. The van der Waals surface area contributed by atoms with Crippen molar-refractivity contribution in [2.75, 3.05) is 19.3 Å². The smallest absolute Gasteiger partial charge is 0.266 e. The van der Waals surface area contributed by atoms with Gasteiger partial charge in [-0.15, -0.1) is 0 Å². The Hall–Kier alpha value is -4.11. The lowest BCUT2D eigenvalue weighted by atomic mass is 10.0. The fourth-order valence-electron chi connectivity index (χ4n) is 5.93. The molecule has 4 atom stereocenters. The molecule has 0 radical (unpaired) electrons. The van der Waals surface area contributed by atoms with Crippen molar-refractivity contribution in [1.29, 1.82) is 0 Å². The van der Waals surface area contributed by atoms with Crippen LogP contribution in [0.25, 0.3) is 17.2 Å². The fourth-order valence-corrected chi connectivity index (χ4v) is 6.90. The van der Waals surface area contributed by atoms with Crippen LogP contribution < -0.4 is 15.8 Å². The van der Waals surface area contributed by atoms with Gasteiger partial charge in [-0.3, -0.25) is 14.4 Å². The maximum Gasteiger partial charge on any atom is 0.266 e. The SMILES string of the molecule is CS(=O)(=O)N[C@H](CC=Cc1ccc(Cl)cc1)C(=O)N1C[C@H](OCc2ccc(Cl)cc2)C[C@H]1C(=O)N[C@@H](CCCCN)C(=O)c1nc2ccccc2o1. The molecule has 2 amide bonds. The third-order valence-corrected chi connectivity index (χ3v) is 9.76. The highest BCUT2D eigenvalue weighted by Gasteiger charge is 2.43. The molecule has 276 valence electrons. The van der Waals surface area contributed by atoms with Gasteiger partial charge < -0.3 is 25.1 Å². The zero-order chi connectivity index (χ0) is 37.3. The summed E-state index contributed by atoms with van der Waals surface area (Å²) in [5.74, 6) is -1.87. The standard InChI is InChI=1S/C37H41Cl2N5O7S/c1-52(48,49)43-31(10-6-7-24-12-16-26(38)17-13-24)37(47)44-22-28(50-23-25-14-18-27(39)19-15-25)21-32(44)35(46)41-30(9-4-5-20-40)34(45)36-42-29-8-2-3-11-33(29)51-36/h2-3,6-8,11-19,28,30-32,43H,4-5,9-10,20-23,40H2,1H3,(H,41,46)/t28-,30+,31-,32+/m1/s1. The first-order valence-corrected chi connectivity index (χ1v) is 19.5. The quantitative estimate of drug-likeness (QED) is 0.0971. The molecule has 0 unspecified atom stereocenters. The number of carbonyl (C=O) groups is 3. The van der Waals surface area contributed by atoms with Crippen molar-refractivity contribution in [3.63, 3.8) is 0 Å². The number of hydrogen-bond donors (Lipinski definition) is 3. The Morgan fingerprint density at radius 3 is 2.38 bits per heavy atom. The molecule has 5 rings (SSSR count). The molecule has 1 aliphatic heterocycles. The molecule has 15 heteroatoms. The number of sulfonamides is 1. The Morgan fingerprint density at radius 1 is 1.02 bits per heavy atom. The first-order chi connectivity index (χ1) is 24.9. The van der Waals surface area contributed by atoms with Gasteiger partial charge in [0.25, 0.3) is 5.89 Å². The van der Waals surface area contributed by atoms with E-state index in [-0.39, 0.29) is 38.3 Å². The number of fused-ring (bicyclic) bond motifs is 1. The van der Waals surface area contributed by atoms with Crippen molar-refractivity contribution in [3.05, 3.63) is 106 Å². The molecule has 4 N–H and O–H groups in total. The van der Waals surface area contributed by atoms with Crippen LogP contribution in [0.3, 0.4) is 0 Å². The number of Topliss-reactive ketones (excluding diaryl/α,β-unsaturated/α-hetero) is 1. The summed E-state index contributed by atoms with van der Waals surface area (Å²) in [5, 5.41) is 3.98. The number of amides is 2. The average Bonchev–Trinajstić information content (AvgIpc) is 3.75. The third kappa shape index (κ3) is 11.0. The van der Waals surface area contributed by atoms with Crippen molar-refractivity contribution in [2.45, 2.75) is 62.9 Å². The topological polar surface area (TPSA) is 174 Å². The average molecular weight is 771 g/mol. The molecule has 0 bridgehead atoms. The van der Waals surface area contributed by atoms with E-state index in [1.54, 1.807) is 72.8 Å². The zero-order valence-electron chi connectivity index (χ0n) is 28.5. The summed E-state index contributed by atoms with van der Waals surface area (Å²) in [6, 6.07) is 17.7. The number of para-hydroxylation sites is 2. The molecule has 0 aliphatic carbocycles. The summed E-state index contributed by atoms with van der Waals surface area (Å²) >= 11 is 12.0. The van der Waals surface area contributed by atoms with Gasteiger partial charge in [0.2, 0.25) is 27.6 Å². The van der Waals surface area contributed by atoms with E-state index in [4.69, 9.17) is 38.1 Å². The first-order valence-electron chi connectivity index (χ1n) is 16.9. The van der Waals surface area contributed by atoms with Crippen LogP contribution in [0.4, 0.5) is 0 Å². The van der Waals surface area contributed by atoms with Crippen LogP contribution in [-0.4, -0.2) is 79.5 Å². The number of ether oxygens (including phenoxy) is 1. The summed E-state index contributed by atoms with van der Waals surface area (Å²) in [5.41, 5.74) is 8.28. The number of nitrogens with two attached hydrogens (primary N) is 1. The summed E-state index contributed by atoms with van der Waals surface area (Å²) in [4.78, 5) is 47.7. The van der Waals surface area contributed by atoms with E-state index in [1.165, 1.54) is 4.90 Å². The van der Waals surface area contributed by atoms with Crippen molar-refractivity contribution in [3.8, 4) is 0 Å². The monoisotopic (exact) mass is 769 g/mol. The number of oxazole rings is 1. The Balaban J connectivity index is 1.39. The van der Waals surface area contributed by atoms with Gasteiger partial charge in [0.1, 0.15) is 17.6 Å². The van der Waals surface area contributed by atoms with Crippen LogP contribution in [0.5, 0.6) is 0 Å². The van der Waals surface area contributed by atoms with Gasteiger partial charge in [-0.1, -0.05) is 71.8 Å². The molecule has 1 fully saturated rings. The Kier molecular flexibility index (Phi) is 13.6. The third-order valence-electron chi connectivity index (χ3n) is 8.54. The lowest BCUT2D eigenvalue weighted by molar-refractivity contribution is -0.140. The van der Waals surface area contributed by atoms with Crippen LogP contribution in [0.2, 0.25) is 10.0 Å². The second-order valence-electron chi connectivity index (χ2n) is 12.6. The molecule has 1 aliphatic rings. The first kappa shape index (κ1) is 39.1. The minimum atomic E-state index is -3.85. The molecule has 1 saturated heterocycles. The number of rotatable bonds is 17. The number of nitrogens with zero attached hydrogens (tertiary/aromatic N) is 2. The van der Waals surface area contributed by atoms with Gasteiger partial charge in [0, 0.05) is 23.0 Å². The number of hydrogen-bond acceptors (Lipinski definition) is 9. The highest BCUT2D eigenvalue weighted by Crippen LogP contribution is 2.25. The van der Waals surface area contributed by atoms with Crippen molar-refractivity contribution in [2.24, 2.45) is 5.73 Å². The van der Waals surface area contributed by atoms with Crippen LogP contribution in [0.15, 0.2) is 83.3 Å². The van der Waals surface area contributed by atoms with Gasteiger partial charge in [-0.05, 0) is 79.8 Å². The predicted octanol–water partition coefficient (Wildman–Crippen LogP) is 5.14. The van der Waals surface area contributed by atoms with Gasteiger partial charge in [0.15, 0.2) is 5.58 Å². The van der Waals surface area contributed by atoms with E-state index in [9.17, 15) is 22.8 Å². The molecule has 12 nitrogen and oxygen atoms in total. The Labute approximate surface area is 312 Å². The number of benzene rings is 3. The number of ketones is 1. The lowest BCUT2D eigenvalue weighted by Crippen LogP contribution is -2.55. The molecule has 2 heterocycles. The number of carbonyl (C=O) groups excluding carboxylic acids is 3.